The Kier molecular flexibility index (Phi) is 10.5. The lowest BCUT2D eigenvalue weighted by Crippen LogP contribution is -2.74. The Morgan fingerprint density at radius 2 is 0.530 bits per heavy atom. The minimum Gasteiger partial charge on any atom is -0.309 e. The third-order valence-electron chi connectivity index (χ3n) is 17.3. The van der Waals surface area contributed by atoms with Crippen molar-refractivity contribution in [1.29, 1.82) is 0 Å². The molecule has 0 radical (unpaired) electrons. The molecule has 388 valence electrons. The zero-order chi connectivity index (χ0) is 54.6. The highest BCUT2D eigenvalue weighted by Crippen LogP contribution is 2.40. The van der Waals surface area contributed by atoms with E-state index in [1.165, 1.54) is 53.3 Å². The van der Waals surface area contributed by atoms with Gasteiger partial charge in [-0.15, -0.1) is 0 Å². The first kappa shape index (κ1) is 47.0. The van der Waals surface area contributed by atoms with E-state index in [9.17, 15) is 0 Å². The van der Waals surface area contributed by atoms with E-state index in [4.69, 9.17) is 9.97 Å². The molecule has 0 saturated heterocycles. The Hall–Kier alpha value is -10.9. The minimum atomic E-state index is -2.83. The lowest BCUT2D eigenvalue weighted by Gasteiger charge is -2.34. The highest BCUT2D eigenvalue weighted by Gasteiger charge is 2.41. The normalized spacial score (nSPS) is 12.1. The molecular weight excluding hydrogens is 1020 g/mol. The van der Waals surface area contributed by atoms with Crippen LogP contribution in [0.4, 0.5) is 0 Å². The third-order valence-corrected chi connectivity index (χ3v) is 22.1. The second-order valence-corrected chi connectivity index (χ2v) is 25.5. The van der Waals surface area contributed by atoms with Gasteiger partial charge in [0.2, 0.25) is 0 Å². The fourth-order valence-electron chi connectivity index (χ4n) is 13.8. The number of rotatable bonds is 9. The van der Waals surface area contributed by atoms with Crippen LogP contribution < -0.4 is 20.7 Å². The molecule has 0 atom stereocenters. The summed E-state index contributed by atoms with van der Waals surface area (Å²) in [6, 6.07) is 111. The van der Waals surface area contributed by atoms with Gasteiger partial charge in [-0.1, -0.05) is 231 Å². The number of nitrogens with zero attached hydrogens (tertiary/aromatic N) is 6. The smallest absolute Gasteiger partial charge is 0.179 e. The number of hydrogen-bond acceptors (Lipinski definition) is 2. The third kappa shape index (κ3) is 7.08. The summed E-state index contributed by atoms with van der Waals surface area (Å²) in [4.78, 5) is 11.4. The first-order chi connectivity index (χ1) is 41.2. The highest BCUT2D eigenvalue weighted by molar-refractivity contribution is 7.19. The van der Waals surface area contributed by atoms with E-state index in [1.54, 1.807) is 0 Å². The van der Waals surface area contributed by atoms with E-state index < -0.39 is 8.07 Å². The fraction of sp³-hybridized carbons (Fsp3) is 0. The van der Waals surface area contributed by atoms with Gasteiger partial charge in [0, 0.05) is 66.1 Å². The van der Waals surface area contributed by atoms with Gasteiger partial charge in [0.1, 0.15) is 11.6 Å². The maximum atomic E-state index is 5.72. The van der Waals surface area contributed by atoms with Gasteiger partial charge in [-0.2, -0.15) is 0 Å². The van der Waals surface area contributed by atoms with Crippen molar-refractivity contribution >= 4 is 116 Å². The summed E-state index contributed by atoms with van der Waals surface area (Å²) in [5, 5.41) is 14.8. The van der Waals surface area contributed by atoms with Crippen molar-refractivity contribution in [3.63, 3.8) is 0 Å². The minimum absolute atomic E-state index is 0.632. The largest absolute Gasteiger partial charge is 0.309 e. The summed E-state index contributed by atoms with van der Waals surface area (Å²) >= 11 is 0. The van der Waals surface area contributed by atoms with Gasteiger partial charge in [0.25, 0.3) is 0 Å². The molecule has 17 rings (SSSR count). The van der Waals surface area contributed by atoms with E-state index in [2.05, 4.69) is 322 Å². The molecule has 7 heteroatoms. The Balaban J connectivity index is 0.921. The lowest BCUT2D eigenvalue weighted by molar-refractivity contribution is 0.993. The van der Waals surface area contributed by atoms with Gasteiger partial charge in [0.15, 0.2) is 13.9 Å². The Morgan fingerprint density at radius 3 is 0.964 bits per heavy atom. The fourth-order valence-corrected chi connectivity index (χ4v) is 18.6. The molecule has 0 aliphatic carbocycles. The predicted molar refractivity (Wildman–Crippen MR) is 348 cm³/mol. The molecule has 0 aliphatic rings. The van der Waals surface area contributed by atoms with Gasteiger partial charge in [0.05, 0.1) is 44.1 Å². The summed E-state index contributed by atoms with van der Waals surface area (Å²) < 4.78 is 9.51. The SMILES string of the molecule is c1ccc([Si](c2ccccc2)(c2ccccc2)c2ccc(-c3nc(-n4c5ccccc5c5cc(-n6c7ccccc7c7ccccc76)ccc54)cc(-n4c5ccccc5c5ccc(-n6c7ccccc7c7ccccc76)cc54)n3)cc2)cc1. The predicted octanol–water partition coefficient (Wildman–Crippen LogP) is 15.9. The Bertz CT molecular complexity index is 5180. The second kappa shape index (κ2) is 18.6. The Morgan fingerprint density at radius 1 is 0.217 bits per heavy atom. The van der Waals surface area contributed by atoms with Crippen molar-refractivity contribution in [2.75, 3.05) is 0 Å². The van der Waals surface area contributed by atoms with Crippen LogP contribution in [0.2, 0.25) is 0 Å². The van der Waals surface area contributed by atoms with Gasteiger partial charge in [-0.3, -0.25) is 9.13 Å². The molecule has 0 saturated carbocycles. The number of benzene rings is 12. The summed E-state index contributed by atoms with van der Waals surface area (Å²) in [7, 11) is -2.83. The molecule has 83 heavy (non-hydrogen) atoms. The first-order valence-electron chi connectivity index (χ1n) is 28.4. The van der Waals surface area contributed by atoms with E-state index >= 15 is 0 Å². The number of para-hydroxylation sites is 6. The maximum Gasteiger partial charge on any atom is 0.179 e. The first-order valence-corrected chi connectivity index (χ1v) is 30.4. The standard InChI is InChI=1S/C76H50N6Si/c1-4-22-54(23-5-1)83(55-24-6-2-7-25-55,56-26-8-3-9-27-56)57-44-40-51(41-45-57)76-77-74(81-71-39-21-15-33-63(71)65-48-52(43-47-72(65)81)79-66-34-16-10-28-58(66)59-29-11-17-35-67(59)79)50-75(78-76)82-70-38-20-14-32-62(70)64-46-42-53(49-73(64)82)80-68-36-18-12-30-60(68)61-31-13-19-37-69(61)80/h1-50H. The molecule has 0 N–H and O–H groups in total. The molecule has 0 aliphatic heterocycles. The van der Waals surface area contributed by atoms with Crippen LogP contribution in [0.3, 0.4) is 0 Å². The number of hydrogen-bond donors (Lipinski definition) is 0. The van der Waals surface area contributed by atoms with Gasteiger partial charge >= 0.3 is 0 Å². The highest BCUT2D eigenvalue weighted by atomic mass is 28.3. The van der Waals surface area contributed by atoms with E-state index in [0.29, 0.717) is 5.82 Å². The summed E-state index contributed by atoms with van der Waals surface area (Å²) in [6.45, 7) is 0. The molecule has 0 spiro atoms. The zero-order valence-corrected chi connectivity index (χ0v) is 46.1. The van der Waals surface area contributed by atoms with Crippen LogP contribution >= 0.6 is 0 Å². The van der Waals surface area contributed by atoms with Crippen LogP contribution in [0.5, 0.6) is 0 Å². The monoisotopic (exact) mass is 1070 g/mol. The molecule has 12 aromatic carbocycles. The summed E-state index contributed by atoms with van der Waals surface area (Å²) in [5.41, 5.74) is 12.0. The molecule has 17 aromatic rings. The van der Waals surface area contributed by atoms with Crippen molar-refractivity contribution < 1.29 is 0 Å². The van der Waals surface area contributed by atoms with E-state index in [-0.39, 0.29) is 0 Å². The van der Waals surface area contributed by atoms with Crippen molar-refractivity contribution in [1.82, 2.24) is 28.2 Å². The Labute approximate surface area is 479 Å². The number of aromatic nitrogens is 6. The van der Waals surface area contributed by atoms with Gasteiger partial charge < -0.3 is 9.13 Å². The van der Waals surface area contributed by atoms with Crippen LogP contribution in [-0.2, 0) is 0 Å². The molecule has 0 unspecified atom stereocenters. The summed E-state index contributed by atoms with van der Waals surface area (Å²) in [5.74, 6) is 2.18. The average Bonchev–Trinajstić information content (AvgIpc) is 2.88. The van der Waals surface area contributed by atoms with Crippen molar-refractivity contribution in [3.05, 3.63) is 303 Å². The van der Waals surface area contributed by atoms with Gasteiger partial charge in [-0.05, 0) is 87.5 Å². The number of fused-ring (bicyclic) bond motifs is 12. The molecule has 6 nitrogen and oxygen atoms in total. The van der Waals surface area contributed by atoms with E-state index in [0.717, 1.165) is 83.2 Å². The maximum absolute atomic E-state index is 5.72. The molecular formula is C76H50N6Si. The topological polar surface area (TPSA) is 45.5 Å². The van der Waals surface area contributed by atoms with Crippen molar-refractivity contribution in [2.45, 2.75) is 0 Å². The molecule has 0 fully saturated rings. The molecule has 5 aromatic heterocycles. The zero-order valence-electron chi connectivity index (χ0n) is 45.1. The average molecular weight is 1080 g/mol. The van der Waals surface area contributed by atoms with Crippen LogP contribution in [0.15, 0.2) is 303 Å². The second-order valence-electron chi connectivity index (χ2n) is 21.7. The van der Waals surface area contributed by atoms with E-state index in [1.807, 2.05) is 0 Å². The van der Waals surface area contributed by atoms with Crippen molar-refractivity contribution in [2.24, 2.45) is 0 Å². The quantitative estimate of drug-likeness (QED) is 0.107. The molecule has 5 heterocycles. The van der Waals surface area contributed by atoms with Crippen molar-refractivity contribution in [3.8, 4) is 34.4 Å². The lowest BCUT2D eigenvalue weighted by atomic mass is 10.1. The molecule has 0 bridgehead atoms. The summed E-state index contributed by atoms with van der Waals surface area (Å²) in [6.07, 6.45) is 0. The van der Waals surface area contributed by atoms with Gasteiger partial charge in [-0.25, -0.2) is 9.97 Å². The molecule has 0 amide bonds. The van der Waals surface area contributed by atoms with Crippen LogP contribution in [-0.4, -0.2) is 36.3 Å². The van der Waals surface area contributed by atoms with Crippen LogP contribution in [0, 0.1) is 0 Å². The van der Waals surface area contributed by atoms with Crippen LogP contribution in [0.25, 0.3) is 122 Å². The van der Waals surface area contributed by atoms with Crippen LogP contribution in [0.1, 0.15) is 0 Å².